The third-order valence-electron chi connectivity index (χ3n) is 5.04. The summed E-state index contributed by atoms with van der Waals surface area (Å²) in [5.74, 6) is 1.09. The molecular formula is C24H26N8O. The molecule has 2 aromatic heterocycles. The first-order chi connectivity index (χ1) is 16.1. The minimum atomic E-state index is -0.330. The van der Waals surface area contributed by atoms with E-state index in [1.165, 1.54) is 11.0 Å². The average Bonchev–Trinajstić information content (AvgIpc) is 3.32. The molecule has 0 fully saturated rings. The van der Waals surface area contributed by atoms with Crippen molar-refractivity contribution in [3.05, 3.63) is 78.2 Å². The third kappa shape index (κ3) is 5.32. The van der Waals surface area contributed by atoms with E-state index in [9.17, 15) is 4.79 Å². The van der Waals surface area contributed by atoms with Crippen LogP contribution in [0.3, 0.4) is 0 Å². The fraction of sp³-hybridized carbons (Fsp3) is 0.208. The van der Waals surface area contributed by atoms with Gasteiger partial charge < -0.3 is 15.5 Å². The fourth-order valence-electron chi connectivity index (χ4n) is 3.33. The maximum atomic E-state index is 12.6. The summed E-state index contributed by atoms with van der Waals surface area (Å²) < 4.78 is 0. The Bertz CT molecular complexity index is 1220. The van der Waals surface area contributed by atoms with Crippen LogP contribution in [0.1, 0.15) is 30.0 Å². The summed E-state index contributed by atoms with van der Waals surface area (Å²) in [6, 6.07) is 18.7. The van der Waals surface area contributed by atoms with E-state index in [1.807, 2.05) is 67.6 Å². The Morgan fingerprint density at radius 3 is 2.36 bits per heavy atom. The van der Waals surface area contributed by atoms with Gasteiger partial charge in [-0.25, -0.2) is 4.98 Å². The molecule has 1 amide bonds. The monoisotopic (exact) mass is 442 g/mol. The Labute approximate surface area is 192 Å². The van der Waals surface area contributed by atoms with E-state index in [2.05, 4.69) is 49.5 Å². The van der Waals surface area contributed by atoms with Crippen LogP contribution in [0.4, 0.5) is 23.1 Å². The summed E-state index contributed by atoms with van der Waals surface area (Å²) in [5.41, 5.74) is 3.38. The van der Waals surface area contributed by atoms with Crippen molar-refractivity contribution in [3.63, 3.8) is 0 Å². The number of nitrogens with one attached hydrogen (secondary N) is 2. The van der Waals surface area contributed by atoms with Crippen LogP contribution in [0.5, 0.6) is 0 Å². The normalized spacial score (nSPS) is 10.6. The van der Waals surface area contributed by atoms with E-state index >= 15 is 0 Å². The van der Waals surface area contributed by atoms with Crippen molar-refractivity contribution in [2.45, 2.75) is 20.8 Å². The minimum absolute atomic E-state index is 0.234. The number of aromatic nitrogens is 5. The van der Waals surface area contributed by atoms with Crippen LogP contribution < -0.4 is 15.5 Å². The number of hydrogen-bond donors (Lipinski definition) is 2. The molecule has 33 heavy (non-hydrogen) atoms. The van der Waals surface area contributed by atoms with Crippen LogP contribution in [-0.2, 0) is 0 Å². The second-order valence-corrected chi connectivity index (χ2v) is 7.37. The van der Waals surface area contributed by atoms with Gasteiger partial charge in [-0.15, -0.1) is 5.10 Å². The highest BCUT2D eigenvalue weighted by molar-refractivity contribution is 6.02. The summed E-state index contributed by atoms with van der Waals surface area (Å²) in [4.78, 5) is 25.3. The van der Waals surface area contributed by atoms with Crippen LogP contribution in [0.2, 0.25) is 0 Å². The first-order valence-corrected chi connectivity index (χ1v) is 10.8. The average molecular weight is 443 g/mol. The van der Waals surface area contributed by atoms with Gasteiger partial charge in [-0.2, -0.15) is 14.9 Å². The van der Waals surface area contributed by atoms with Gasteiger partial charge in [-0.1, -0.05) is 18.2 Å². The van der Waals surface area contributed by atoms with Crippen molar-refractivity contribution >= 4 is 29.0 Å². The van der Waals surface area contributed by atoms with Crippen molar-refractivity contribution in [2.75, 3.05) is 28.6 Å². The SMILES string of the molecule is CCN(CC)c1cc(C)nc(Nc2ccc(NC(=O)c3cnn(-c4ccccc4)n3)cc2)n1. The van der Waals surface area contributed by atoms with Gasteiger partial charge in [0.25, 0.3) is 5.91 Å². The molecule has 4 aromatic rings. The predicted octanol–water partition coefficient (Wildman–Crippen LogP) is 4.21. The number of carbonyl (C=O) groups excluding carboxylic acids is 1. The van der Waals surface area contributed by atoms with Crippen LogP contribution in [-0.4, -0.2) is 44.0 Å². The summed E-state index contributed by atoms with van der Waals surface area (Å²) in [7, 11) is 0. The number of carbonyl (C=O) groups is 1. The molecule has 0 spiro atoms. The predicted molar refractivity (Wildman–Crippen MR) is 129 cm³/mol. The molecule has 0 saturated carbocycles. The number of aryl methyl sites for hydroxylation is 1. The number of amides is 1. The van der Waals surface area contributed by atoms with Gasteiger partial charge in [0.2, 0.25) is 5.95 Å². The quantitative estimate of drug-likeness (QED) is 0.422. The minimum Gasteiger partial charge on any atom is -0.357 e. The van der Waals surface area contributed by atoms with Crippen LogP contribution in [0.25, 0.3) is 5.69 Å². The zero-order valence-corrected chi connectivity index (χ0v) is 18.9. The molecule has 0 bridgehead atoms. The molecular weight excluding hydrogens is 416 g/mol. The van der Waals surface area contributed by atoms with E-state index in [-0.39, 0.29) is 11.6 Å². The maximum absolute atomic E-state index is 12.6. The number of rotatable bonds is 8. The van der Waals surface area contributed by atoms with E-state index in [0.29, 0.717) is 11.6 Å². The number of hydrogen-bond acceptors (Lipinski definition) is 7. The molecule has 2 heterocycles. The van der Waals surface area contributed by atoms with Crippen molar-refractivity contribution in [1.82, 2.24) is 25.0 Å². The molecule has 0 radical (unpaired) electrons. The van der Waals surface area contributed by atoms with Crippen molar-refractivity contribution in [3.8, 4) is 5.69 Å². The van der Waals surface area contributed by atoms with Crippen molar-refractivity contribution in [1.29, 1.82) is 0 Å². The molecule has 4 rings (SSSR count). The molecule has 0 aliphatic heterocycles. The Morgan fingerprint density at radius 1 is 0.970 bits per heavy atom. The van der Waals surface area contributed by atoms with E-state index < -0.39 is 0 Å². The van der Waals surface area contributed by atoms with Crippen molar-refractivity contribution < 1.29 is 4.79 Å². The Balaban J connectivity index is 1.42. The fourth-order valence-corrected chi connectivity index (χ4v) is 3.33. The van der Waals surface area contributed by atoms with Gasteiger partial charge in [0, 0.05) is 36.2 Å². The highest BCUT2D eigenvalue weighted by atomic mass is 16.2. The van der Waals surface area contributed by atoms with Gasteiger partial charge in [-0.3, -0.25) is 4.79 Å². The van der Waals surface area contributed by atoms with Gasteiger partial charge in [0.15, 0.2) is 5.69 Å². The standard InChI is InChI=1S/C24H26N8O/c1-4-31(5-2)22-15-17(3)26-24(29-22)28-19-13-11-18(12-14-19)27-23(33)21-16-25-32(30-21)20-9-7-6-8-10-20/h6-16H,4-5H2,1-3H3,(H,27,33)(H,26,28,29). The lowest BCUT2D eigenvalue weighted by Gasteiger charge is -2.20. The highest BCUT2D eigenvalue weighted by Crippen LogP contribution is 2.20. The Hall–Kier alpha value is -4.27. The molecule has 9 nitrogen and oxygen atoms in total. The Morgan fingerprint density at radius 2 is 1.67 bits per heavy atom. The maximum Gasteiger partial charge on any atom is 0.277 e. The third-order valence-corrected chi connectivity index (χ3v) is 5.04. The van der Waals surface area contributed by atoms with E-state index in [0.717, 1.165) is 36.0 Å². The molecule has 0 aliphatic rings. The lowest BCUT2D eigenvalue weighted by Crippen LogP contribution is -2.23. The lowest BCUT2D eigenvalue weighted by molar-refractivity contribution is 0.102. The van der Waals surface area contributed by atoms with Gasteiger partial charge >= 0.3 is 0 Å². The number of benzene rings is 2. The molecule has 2 N–H and O–H groups in total. The lowest BCUT2D eigenvalue weighted by atomic mass is 10.2. The number of nitrogens with zero attached hydrogens (tertiary/aromatic N) is 6. The van der Waals surface area contributed by atoms with Gasteiger partial charge in [-0.05, 0) is 57.2 Å². The topological polar surface area (TPSA) is 101 Å². The Kier molecular flexibility index (Phi) is 6.58. The molecule has 0 unspecified atom stereocenters. The van der Waals surface area contributed by atoms with Crippen LogP contribution in [0.15, 0.2) is 66.9 Å². The van der Waals surface area contributed by atoms with E-state index in [4.69, 9.17) is 0 Å². The second kappa shape index (κ2) is 9.90. The molecule has 0 atom stereocenters. The second-order valence-electron chi connectivity index (χ2n) is 7.37. The molecule has 9 heteroatoms. The van der Waals surface area contributed by atoms with Crippen LogP contribution >= 0.6 is 0 Å². The zero-order valence-electron chi connectivity index (χ0n) is 18.9. The molecule has 0 aliphatic carbocycles. The van der Waals surface area contributed by atoms with Crippen molar-refractivity contribution in [2.24, 2.45) is 0 Å². The first-order valence-electron chi connectivity index (χ1n) is 10.8. The number of anilines is 4. The smallest absolute Gasteiger partial charge is 0.277 e. The summed E-state index contributed by atoms with van der Waals surface area (Å²) in [6.45, 7) is 7.90. The first kappa shape index (κ1) is 21.9. The largest absolute Gasteiger partial charge is 0.357 e. The summed E-state index contributed by atoms with van der Waals surface area (Å²) in [6.07, 6.45) is 1.45. The highest BCUT2D eigenvalue weighted by Gasteiger charge is 2.12. The van der Waals surface area contributed by atoms with Gasteiger partial charge in [0.1, 0.15) is 5.82 Å². The molecule has 0 saturated heterocycles. The van der Waals surface area contributed by atoms with Gasteiger partial charge in [0.05, 0.1) is 11.9 Å². The summed E-state index contributed by atoms with van der Waals surface area (Å²) >= 11 is 0. The molecule has 2 aromatic carbocycles. The summed E-state index contributed by atoms with van der Waals surface area (Å²) in [5, 5.41) is 14.5. The zero-order chi connectivity index (χ0) is 23.2. The van der Waals surface area contributed by atoms with E-state index in [1.54, 1.807) is 0 Å². The number of para-hydroxylation sites is 1. The van der Waals surface area contributed by atoms with Crippen LogP contribution in [0, 0.1) is 6.92 Å². The molecule has 168 valence electrons.